The topological polar surface area (TPSA) is 21.3 Å². The molecule has 108 valence electrons. The summed E-state index contributed by atoms with van der Waals surface area (Å²) < 4.78 is 31.9. The van der Waals surface area contributed by atoms with Crippen LogP contribution in [0, 0.1) is 11.6 Å². The Kier molecular flexibility index (Phi) is 6.95. The van der Waals surface area contributed by atoms with Crippen LogP contribution in [0.5, 0.6) is 0 Å². The fourth-order valence-electron chi connectivity index (χ4n) is 1.86. The first kappa shape index (κ1) is 16.1. The summed E-state index contributed by atoms with van der Waals surface area (Å²) in [6.07, 6.45) is 1.71. The fourth-order valence-corrected chi connectivity index (χ4v) is 1.86. The molecule has 1 aromatic rings. The minimum Gasteiger partial charge on any atom is -0.377 e. The normalized spacial score (nSPS) is 12.9. The minimum atomic E-state index is -0.533. The summed E-state index contributed by atoms with van der Waals surface area (Å²) >= 11 is 0. The lowest BCUT2D eigenvalue weighted by Crippen LogP contribution is -2.36. The number of rotatable bonds is 8. The highest BCUT2D eigenvalue weighted by atomic mass is 19.1. The van der Waals surface area contributed by atoms with Crippen molar-refractivity contribution < 1.29 is 13.5 Å². The van der Waals surface area contributed by atoms with Gasteiger partial charge in [-0.05, 0) is 50.9 Å². The van der Waals surface area contributed by atoms with E-state index in [1.165, 1.54) is 12.1 Å². The molecule has 0 spiro atoms. The Morgan fingerprint density at radius 3 is 2.32 bits per heavy atom. The second kappa shape index (κ2) is 8.23. The van der Waals surface area contributed by atoms with E-state index < -0.39 is 11.6 Å². The van der Waals surface area contributed by atoms with Gasteiger partial charge in [0.05, 0.1) is 12.7 Å². The highest BCUT2D eigenvalue weighted by molar-refractivity contribution is 5.19. The molecule has 0 bridgehead atoms. The van der Waals surface area contributed by atoms with Crippen LogP contribution in [-0.2, 0) is 11.2 Å². The van der Waals surface area contributed by atoms with Crippen molar-refractivity contribution in [3.63, 3.8) is 0 Å². The minimum absolute atomic E-state index is 0.0727. The Morgan fingerprint density at radius 2 is 1.79 bits per heavy atom. The molecule has 0 amide bonds. The molecular formula is C15H23F2NO. The van der Waals surface area contributed by atoms with Crippen molar-refractivity contribution in [2.24, 2.45) is 0 Å². The van der Waals surface area contributed by atoms with Crippen molar-refractivity contribution in [3.8, 4) is 0 Å². The third-order valence-corrected chi connectivity index (χ3v) is 2.72. The second-order valence-corrected chi connectivity index (χ2v) is 5.01. The van der Waals surface area contributed by atoms with Crippen molar-refractivity contribution in [2.75, 3.05) is 13.2 Å². The van der Waals surface area contributed by atoms with Gasteiger partial charge < -0.3 is 10.1 Å². The molecule has 0 saturated heterocycles. The first-order chi connectivity index (χ1) is 9.01. The number of halogens is 2. The van der Waals surface area contributed by atoms with Crippen LogP contribution in [0.3, 0.4) is 0 Å². The van der Waals surface area contributed by atoms with E-state index in [1.54, 1.807) is 0 Å². The molecule has 19 heavy (non-hydrogen) atoms. The fraction of sp³-hybridized carbons (Fsp3) is 0.600. The molecule has 1 unspecified atom stereocenters. The van der Waals surface area contributed by atoms with E-state index in [4.69, 9.17) is 4.74 Å². The molecule has 2 nitrogen and oxygen atoms in total. The van der Waals surface area contributed by atoms with Gasteiger partial charge in [0, 0.05) is 12.1 Å². The highest BCUT2D eigenvalue weighted by Crippen LogP contribution is 2.11. The van der Waals surface area contributed by atoms with Crippen LogP contribution in [0.15, 0.2) is 18.2 Å². The maximum Gasteiger partial charge on any atom is 0.126 e. The lowest BCUT2D eigenvalue weighted by atomic mass is 10.1. The molecule has 4 heteroatoms. The van der Waals surface area contributed by atoms with E-state index >= 15 is 0 Å². The predicted molar refractivity (Wildman–Crippen MR) is 73.2 cm³/mol. The lowest BCUT2D eigenvalue weighted by Gasteiger charge is -2.20. The average molecular weight is 271 g/mol. The predicted octanol–water partition coefficient (Wildman–Crippen LogP) is 3.30. The molecule has 1 atom stereocenters. The number of hydrogen-bond acceptors (Lipinski definition) is 2. The lowest BCUT2D eigenvalue weighted by molar-refractivity contribution is 0.0612. The third kappa shape index (κ3) is 6.64. The van der Waals surface area contributed by atoms with Crippen molar-refractivity contribution in [1.82, 2.24) is 5.32 Å². The average Bonchev–Trinajstić information content (AvgIpc) is 2.31. The van der Waals surface area contributed by atoms with Gasteiger partial charge in [-0.2, -0.15) is 0 Å². The summed E-state index contributed by atoms with van der Waals surface area (Å²) in [6, 6.07) is 3.71. The van der Waals surface area contributed by atoms with Crippen molar-refractivity contribution >= 4 is 0 Å². The smallest absolute Gasteiger partial charge is 0.126 e. The molecular weight excluding hydrogens is 248 g/mol. The second-order valence-electron chi connectivity index (χ2n) is 5.01. The maximum absolute atomic E-state index is 13.2. The molecule has 0 aliphatic carbocycles. The number of benzene rings is 1. The highest BCUT2D eigenvalue weighted by Gasteiger charge is 2.11. The molecule has 0 aliphatic heterocycles. The first-order valence-electron chi connectivity index (χ1n) is 6.81. The first-order valence-corrected chi connectivity index (χ1v) is 6.81. The molecule has 0 aliphatic rings. The van der Waals surface area contributed by atoms with Gasteiger partial charge in [0.1, 0.15) is 11.6 Å². The van der Waals surface area contributed by atoms with Crippen LogP contribution in [-0.4, -0.2) is 25.3 Å². The van der Waals surface area contributed by atoms with Crippen LogP contribution >= 0.6 is 0 Å². The van der Waals surface area contributed by atoms with Gasteiger partial charge >= 0.3 is 0 Å². The molecule has 0 aromatic heterocycles. The SMILES string of the molecule is CCCNC(COC(C)C)Cc1cc(F)cc(F)c1. The summed E-state index contributed by atoms with van der Waals surface area (Å²) in [7, 11) is 0. The monoisotopic (exact) mass is 271 g/mol. The van der Waals surface area contributed by atoms with Gasteiger partial charge in [0.25, 0.3) is 0 Å². The van der Waals surface area contributed by atoms with Gasteiger partial charge in [-0.15, -0.1) is 0 Å². The van der Waals surface area contributed by atoms with Gasteiger partial charge in [0.2, 0.25) is 0 Å². The van der Waals surface area contributed by atoms with E-state index in [1.807, 2.05) is 13.8 Å². The summed E-state index contributed by atoms with van der Waals surface area (Å²) in [5.74, 6) is -1.07. The van der Waals surface area contributed by atoms with E-state index in [0.29, 0.717) is 18.6 Å². The van der Waals surface area contributed by atoms with Crippen molar-refractivity contribution in [1.29, 1.82) is 0 Å². The standard InChI is InChI=1S/C15H23F2NO/c1-4-5-18-15(10-19-11(2)3)8-12-6-13(16)9-14(17)7-12/h6-7,9,11,15,18H,4-5,8,10H2,1-3H3. The van der Waals surface area contributed by atoms with E-state index in [2.05, 4.69) is 12.2 Å². The van der Waals surface area contributed by atoms with E-state index in [9.17, 15) is 8.78 Å². The Labute approximate surface area is 114 Å². The van der Waals surface area contributed by atoms with Crippen LogP contribution in [0.25, 0.3) is 0 Å². The molecule has 0 saturated carbocycles. The molecule has 1 aromatic carbocycles. The molecule has 1 rings (SSSR count). The number of nitrogens with one attached hydrogen (secondary N) is 1. The van der Waals surface area contributed by atoms with E-state index in [0.717, 1.165) is 19.0 Å². The largest absolute Gasteiger partial charge is 0.377 e. The van der Waals surface area contributed by atoms with Crippen LogP contribution < -0.4 is 5.32 Å². The summed E-state index contributed by atoms with van der Waals surface area (Å²) in [5.41, 5.74) is 0.651. The number of hydrogen-bond donors (Lipinski definition) is 1. The van der Waals surface area contributed by atoms with Crippen LogP contribution in [0.1, 0.15) is 32.8 Å². The van der Waals surface area contributed by atoms with E-state index in [-0.39, 0.29) is 12.1 Å². The zero-order chi connectivity index (χ0) is 14.3. The Bertz CT molecular complexity index is 362. The van der Waals surface area contributed by atoms with Gasteiger partial charge in [-0.3, -0.25) is 0 Å². The summed E-state index contributed by atoms with van der Waals surface area (Å²) in [4.78, 5) is 0. The zero-order valence-corrected chi connectivity index (χ0v) is 11.9. The van der Waals surface area contributed by atoms with Crippen LogP contribution in [0.4, 0.5) is 8.78 Å². The Balaban J connectivity index is 2.63. The Hall–Kier alpha value is -1.00. The maximum atomic E-state index is 13.2. The summed E-state index contributed by atoms with van der Waals surface area (Å²) in [6.45, 7) is 7.42. The van der Waals surface area contributed by atoms with Gasteiger partial charge in [-0.25, -0.2) is 8.78 Å². The van der Waals surface area contributed by atoms with Crippen molar-refractivity contribution in [2.45, 2.75) is 45.8 Å². The summed E-state index contributed by atoms with van der Waals surface area (Å²) in [5, 5.41) is 3.34. The third-order valence-electron chi connectivity index (χ3n) is 2.72. The van der Waals surface area contributed by atoms with Gasteiger partial charge in [-0.1, -0.05) is 6.92 Å². The zero-order valence-electron chi connectivity index (χ0n) is 11.9. The quantitative estimate of drug-likeness (QED) is 0.783. The van der Waals surface area contributed by atoms with Crippen molar-refractivity contribution in [3.05, 3.63) is 35.4 Å². The van der Waals surface area contributed by atoms with Gasteiger partial charge in [0.15, 0.2) is 0 Å². The molecule has 0 radical (unpaired) electrons. The van der Waals surface area contributed by atoms with Crippen LogP contribution in [0.2, 0.25) is 0 Å². The molecule has 1 N–H and O–H groups in total. The molecule has 0 fully saturated rings. The number of ether oxygens (including phenoxy) is 1. The Morgan fingerprint density at radius 1 is 1.16 bits per heavy atom. The molecule has 0 heterocycles.